The lowest BCUT2D eigenvalue weighted by atomic mass is 10.0. The fourth-order valence-electron chi connectivity index (χ4n) is 3.27. The highest BCUT2D eigenvalue weighted by Crippen LogP contribution is 2.40. The minimum Gasteiger partial charge on any atom is -0.500 e. The highest BCUT2D eigenvalue weighted by molar-refractivity contribution is 7.98. The predicted molar refractivity (Wildman–Crippen MR) is 105 cm³/mol. The van der Waals surface area contributed by atoms with Gasteiger partial charge in [-0.25, -0.2) is 0 Å². The molecular weight excluding hydrogens is 398 g/mol. The molecule has 0 spiro atoms. The monoisotopic (exact) mass is 414 g/mol. The van der Waals surface area contributed by atoms with Crippen LogP contribution in [-0.4, -0.2) is 33.5 Å². The minimum absolute atomic E-state index is 0.0491. The van der Waals surface area contributed by atoms with E-state index in [4.69, 9.17) is 4.74 Å². The molecule has 1 aromatic heterocycles. The van der Waals surface area contributed by atoms with Gasteiger partial charge in [-0.05, 0) is 29.1 Å². The Kier molecular flexibility index (Phi) is 4.59. The van der Waals surface area contributed by atoms with Gasteiger partial charge in [-0.15, -0.1) is 0 Å². The number of phenolic OH excluding ortho intramolecular Hbond substituents is 1. The first-order valence-electron chi connectivity index (χ1n) is 8.46. The van der Waals surface area contributed by atoms with Crippen LogP contribution in [0.15, 0.2) is 46.3 Å². The number of nitrogens with zero attached hydrogens (tertiary/aromatic N) is 3. The summed E-state index contributed by atoms with van der Waals surface area (Å²) in [4.78, 5) is 26.3. The third kappa shape index (κ3) is 3.05. The van der Waals surface area contributed by atoms with Crippen LogP contribution in [0.25, 0.3) is 11.3 Å². The number of aromatic amines is 1. The molecule has 0 radical (unpaired) electrons. The molecule has 2 aromatic carbocycles. The van der Waals surface area contributed by atoms with Crippen LogP contribution in [0.4, 0.5) is 11.4 Å². The van der Waals surface area contributed by atoms with Crippen LogP contribution in [-0.2, 0) is 0 Å². The Morgan fingerprint density at radius 3 is 2.79 bits per heavy atom. The average molecular weight is 414 g/mol. The third-order valence-corrected chi connectivity index (χ3v) is 5.16. The quantitative estimate of drug-likeness (QED) is 0.256. The topological polar surface area (TPSA) is 134 Å². The second-order valence-electron chi connectivity index (χ2n) is 6.20. The molecule has 3 aromatic rings. The molecule has 0 bridgehead atoms. The van der Waals surface area contributed by atoms with Crippen molar-refractivity contribution in [1.82, 2.24) is 10.1 Å². The summed E-state index contributed by atoms with van der Waals surface area (Å²) < 4.78 is 6.60. The molecule has 10 nitrogen and oxygen atoms in total. The van der Waals surface area contributed by atoms with E-state index in [1.807, 2.05) is 12.1 Å². The van der Waals surface area contributed by atoms with E-state index >= 15 is 0 Å². The van der Waals surface area contributed by atoms with E-state index in [-0.39, 0.29) is 11.3 Å². The van der Waals surface area contributed by atoms with E-state index < -0.39 is 22.5 Å². The number of aromatic nitrogens is 3. The molecule has 0 saturated carbocycles. The molecule has 148 valence electrons. The second kappa shape index (κ2) is 7.09. The molecule has 1 aliphatic rings. The van der Waals surface area contributed by atoms with Crippen LogP contribution in [0.5, 0.6) is 11.5 Å². The maximum Gasteiger partial charge on any atom is 0.325 e. The minimum atomic E-state index is -0.735. The van der Waals surface area contributed by atoms with Gasteiger partial charge < -0.3 is 15.2 Å². The summed E-state index contributed by atoms with van der Waals surface area (Å²) in [6, 6.07) is 9.94. The van der Waals surface area contributed by atoms with E-state index in [1.54, 1.807) is 18.4 Å². The molecule has 4 rings (SSSR count). The molecule has 2 heterocycles. The van der Waals surface area contributed by atoms with Gasteiger partial charge >= 0.3 is 16.9 Å². The number of thioether (sulfide) groups is 1. The maximum absolute atomic E-state index is 12.8. The van der Waals surface area contributed by atoms with Gasteiger partial charge in [-0.1, -0.05) is 23.9 Å². The van der Waals surface area contributed by atoms with E-state index in [0.717, 1.165) is 0 Å². The van der Waals surface area contributed by atoms with Crippen LogP contribution < -0.4 is 20.3 Å². The molecule has 11 heteroatoms. The van der Waals surface area contributed by atoms with Gasteiger partial charge in [-0.2, -0.15) is 0 Å². The Bertz CT molecular complexity index is 1200. The molecule has 0 amide bonds. The van der Waals surface area contributed by atoms with Crippen molar-refractivity contribution in [3.8, 4) is 22.8 Å². The average Bonchev–Trinajstić information content (AvgIpc) is 2.72. The summed E-state index contributed by atoms with van der Waals surface area (Å²) in [7, 11) is 1.31. The second-order valence-corrected chi connectivity index (χ2v) is 6.99. The first kappa shape index (κ1) is 18.7. The largest absolute Gasteiger partial charge is 0.500 e. The van der Waals surface area contributed by atoms with Crippen molar-refractivity contribution in [3.63, 3.8) is 0 Å². The van der Waals surface area contributed by atoms with Crippen molar-refractivity contribution in [2.24, 2.45) is 0 Å². The van der Waals surface area contributed by atoms with Crippen molar-refractivity contribution >= 4 is 23.1 Å². The highest BCUT2D eigenvalue weighted by atomic mass is 32.2. The molecule has 0 aliphatic carbocycles. The standard InChI is InChI=1S/C18H15N5O5S/c1-28-13-8-9(7-12(15(13)24)23(26)27)16-19-11-6-4-3-5-10(11)14-17(25)20-18(29-2)21-22(14)16/h3-8,16H,1-2H3,(H2,20,21,24,25)/p+1/t16-/m1/s1. The van der Waals surface area contributed by atoms with Gasteiger partial charge in [0.15, 0.2) is 5.75 Å². The summed E-state index contributed by atoms with van der Waals surface area (Å²) in [6.07, 6.45) is 1.04. The summed E-state index contributed by atoms with van der Waals surface area (Å²) in [5.41, 5.74) is 1.22. The molecule has 1 aliphatic heterocycles. The zero-order chi connectivity index (χ0) is 20.7. The van der Waals surface area contributed by atoms with Crippen LogP contribution >= 0.6 is 11.8 Å². The number of nitro benzene ring substituents is 1. The Labute approximate surface area is 168 Å². The number of aromatic hydroxyl groups is 1. The lowest BCUT2D eigenvalue weighted by Crippen LogP contribution is -2.55. The maximum atomic E-state index is 12.8. The fraction of sp³-hybridized carbons (Fsp3) is 0.167. The van der Waals surface area contributed by atoms with Gasteiger partial charge in [-0.3, -0.25) is 19.9 Å². The van der Waals surface area contributed by atoms with E-state index in [0.29, 0.717) is 27.7 Å². The predicted octanol–water partition coefficient (Wildman–Crippen LogP) is 2.04. The summed E-state index contributed by atoms with van der Waals surface area (Å²) in [5, 5.41) is 29.7. The van der Waals surface area contributed by atoms with Crippen molar-refractivity contribution in [2.45, 2.75) is 11.3 Å². The number of anilines is 1. The number of phenols is 1. The number of nitro groups is 1. The van der Waals surface area contributed by atoms with Gasteiger partial charge in [0.1, 0.15) is 0 Å². The summed E-state index contributed by atoms with van der Waals surface area (Å²) in [6.45, 7) is 0. The number of fused-ring (bicyclic) bond motifs is 3. The Balaban J connectivity index is 2.00. The van der Waals surface area contributed by atoms with Crippen molar-refractivity contribution in [3.05, 3.63) is 62.4 Å². The van der Waals surface area contributed by atoms with Crippen molar-refractivity contribution < 1.29 is 19.4 Å². The molecule has 3 N–H and O–H groups in total. The number of para-hydroxylation sites is 1. The Hall–Kier alpha value is -3.60. The highest BCUT2D eigenvalue weighted by Gasteiger charge is 2.39. The number of methoxy groups -OCH3 is 1. The zero-order valence-electron chi connectivity index (χ0n) is 15.4. The third-order valence-electron chi connectivity index (χ3n) is 4.59. The van der Waals surface area contributed by atoms with Crippen molar-refractivity contribution in [2.75, 3.05) is 18.7 Å². The molecular formula is C18H16N5O5S+. The SMILES string of the molecule is COc1cc([C@@H]2Nc3ccccc3-c3c(=O)[nH]c(SC)n[n+]32)cc([N+](=O)[O-])c1O. The summed E-state index contributed by atoms with van der Waals surface area (Å²) in [5.74, 6) is -0.613. The van der Waals surface area contributed by atoms with Crippen molar-refractivity contribution in [1.29, 1.82) is 0 Å². The van der Waals surface area contributed by atoms with E-state index in [1.165, 1.54) is 35.7 Å². The van der Waals surface area contributed by atoms with E-state index in [9.17, 15) is 20.0 Å². The molecule has 0 unspecified atom stereocenters. The van der Waals surface area contributed by atoms with Gasteiger partial charge in [0.25, 0.3) is 6.17 Å². The lowest BCUT2D eigenvalue weighted by molar-refractivity contribution is -0.759. The van der Waals surface area contributed by atoms with Crippen LogP contribution in [0.3, 0.4) is 0 Å². The van der Waals surface area contributed by atoms with Gasteiger partial charge in [0.2, 0.25) is 10.9 Å². The Morgan fingerprint density at radius 2 is 2.10 bits per heavy atom. The first-order chi connectivity index (χ1) is 13.9. The molecule has 0 saturated heterocycles. The normalized spacial score (nSPS) is 14.5. The van der Waals surface area contributed by atoms with Crippen LogP contribution in [0, 0.1) is 10.1 Å². The Morgan fingerprint density at radius 1 is 1.34 bits per heavy atom. The number of benzene rings is 2. The molecule has 1 atom stereocenters. The smallest absolute Gasteiger partial charge is 0.325 e. The number of H-pyrrole nitrogens is 1. The number of hydrogen-bond donors (Lipinski definition) is 3. The number of nitrogens with one attached hydrogen (secondary N) is 2. The number of rotatable bonds is 4. The lowest BCUT2D eigenvalue weighted by Gasteiger charge is -2.22. The van der Waals surface area contributed by atoms with Gasteiger partial charge in [0.05, 0.1) is 28.8 Å². The van der Waals surface area contributed by atoms with Crippen LogP contribution in [0.1, 0.15) is 11.7 Å². The molecule has 0 fully saturated rings. The van der Waals surface area contributed by atoms with Crippen LogP contribution in [0.2, 0.25) is 0 Å². The molecule has 29 heavy (non-hydrogen) atoms. The first-order valence-corrected chi connectivity index (χ1v) is 9.68. The summed E-state index contributed by atoms with van der Waals surface area (Å²) >= 11 is 1.26. The number of hydrogen-bond acceptors (Lipinski definition) is 8. The van der Waals surface area contributed by atoms with E-state index in [2.05, 4.69) is 15.4 Å². The number of ether oxygens (including phenoxy) is 1. The fourth-order valence-corrected chi connectivity index (χ4v) is 3.64. The zero-order valence-corrected chi connectivity index (χ0v) is 16.2. The van der Waals surface area contributed by atoms with Gasteiger partial charge in [0, 0.05) is 11.2 Å².